The van der Waals surface area contributed by atoms with Crippen molar-refractivity contribution in [3.8, 4) is 0 Å². The summed E-state index contributed by atoms with van der Waals surface area (Å²) >= 11 is 3.85. The summed E-state index contributed by atoms with van der Waals surface area (Å²) in [4.78, 5) is 10.4. The molecule has 0 amide bonds. The van der Waals surface area contributed by atoms with Gasteiger partial charge in [0.05, 0.1) is 0 Å². The van der Waals surface area contributed by atoms with Crippen molar-refractivity contribution in [2.75, 3.05) is 0 Å². The summed E-state index contributed by atoms with van der Waals surface area (Å²) in [6.45, 7) is 0. The maximum atomic E-state index is 10.7. The molecular weight excluding hydrogens is 222 g/mol. The summed E-state index contributed by atoms with van der Waals surface area (Å²) < 4.78 is 0.853. The van der Waals surface area contributed by atoms with Crippen LogP contribution < -0.4 is 0 Å². The Morgan fingerprint density at radius 3 is 2.79 bits per heavy atom. The first kappa shape index (κ1) is 9.44. The molecule has 2 rings (SSSR count). The summed E-state index contributed by atoms with van der Waals surface area (Å²) in [7, 11) is 0. The average molecular weight is 230 g/mol. The molecule has 0 heterocycles. The Kier molecular flexibility index (Phi) is 2.40. The van der Waals surface area contributed by atoms with Crippen molar-refractivity contribution in [1.82, 2.24) is 0 Å². The van der Waals surface area contributed by atoms with Crippen LogP contribution in [0, 0.1) is 10.1 Å². The molecule has 14 heavy (non-hydrogen) atoms. The van der Waals surface area contributed by atoms with E-state index in [2.05, 4.69) is 16.0 Å². The van der Waals surface area contributed by atoms with Crippen molar-refractivity contribution in [2.24, 2.45) is 0 Å². The number of nitrogens with zero attached hydrogens (tertiary/aromatic N) is 1. The van der Waals surface area contributed by atoms with Crippen LogP contribution in [0.4, 0.5) is 0 Å². The van der Waals surface area contributed by atoms with Crippen LogP contribution in [0.5, 0.6) is 0 Å². The minimum atomic E-state index is -0.327. The first-order valence-electron chi connectivity index (χ1n) is 4.28. The molecule has 0 unspecified atom stereocenters. The molecule has 0 spiro atoms. The molecule has 0 aliphatic heterocycles. The van der Waals surface area contributed by atoms with Crippen molar-refractivity contribution >= 4 is 0 Å². The van der Waals surface area contributed by atoms with Gasteiger partial charge in [-0.2, -0.15) is 0 Å². The molecule has 4 heteroatoms. The van der Waals surface area contributed by atoms with E-state index < -0.39 is 0 Å². The van der Waals surface area contributed by atoms with Crippen molar-refractivity contribution < 1.29 is 20.9 Å². The second-order valence-corrected chi connectivity index (χ2v) is 3.81. The Morgan fingerprint density at radius 2 is 2.21 bits per heavy atom. The zero-order chi connectivity index (χ0) is 10.1. The molecule has 73 valence electrons. The van der Waals surface area contributed by atoms with Crippen LogP contribution in [-0.4, -0.2) is 4.92 Å². The van der Waals surface area contributed by atoms with Crippen molar-refractivity contribution in [2.45, 2.75) is 12.8 Å². The average Bonchev–Trinajstić information content (AvgIpc) is 2.71. The molecule has 2 aliphatic rings. The van der Waals surface area contributed by atoms with Crippen LogP contribution >= 0.6 is 0 Å². The molecule has 0 aromatic carbocycles. The van der Waals surface area contributed by atoms with Crippen molar-refractivity contribution in [3.63, 3.8) is 0 Å². The quantitative estimate of drug-likeness (QED) is 0.414. The molecule has 0 saturated carbocycles. The summed E-state index contributed by atoms with van der Waals surface area (Å²) in [6, 6.07) is 0. The summed E-state index contributed by atoms with van der Waals surface area (Å²) in [5.41, 5.74) is 1.96. The third kappa shape index (κ3) is 1.47. The van der Waals surface area contributed by atoms with Crippen LogP contribution in [0.15, 0.2) is 45.6 Å². The van der Waals surface area contributed by atoms with Crippen LogP contribution in [0.1, 0.15) is 12.8 Å². The molecule has 0 fully saturated rings. The fourth-order valence-electron chi connectivity index (χ4n) is 1.66. The van der Waals surface area contributed by atoms with E-state index in [0.29, 0.717) is 6.42 Å². The zero-order valence-corrected chi connectivity index (χ0v) is 8.45. The van der Waals surface area contributed by atoms with Gasteiger partial charge in [0.2, 0.25) is 0 Å². The predicted octanol–water partition coefficient (Wildman–Crippen LogP) is 2.24. The number of nitro groups is 1. The third-order valence-electron chi connectivity index (χ3n) is 2.28. The van der Waals surface area contributed by atoms with Crippen LogP contribution in [0.25, 0.3) is 0 Å². The predicted molar refractivity (Wildman–Crippen MR) is 48.6 cm³/mol. The van der Waals surface area contributed by atoms with E-state index in [1.165, 1.54) is 0 Å². The Balaban J connectivity index is 2.37. The minimum absolute atomic E-state index is 0.213. The van der Waals surface area contributed by atoms with Crippen LogP contribution in [0.2, 0.25) is 0 Å². The summed E-state index contributed by atoms with van der Waals surface area (Å²) in [6.07, 6.45) is 8.85. The molecule has 0 atom stereocenters. The number of hydrogen-bond acceptors (Lipinski definition) is 2. The van der Waals surface area contributed by atoms with E-state index in [0.717, 1.165) is 22.0 Å². The van der Waals surface area contributed by atoms with Crippen LogP contribution in [-0.2, 0) is 16.0 Å². The van der Waals surface area contributed by atoms with Gasteiger partial charge in [0, 0.05) is 0 Å². The van der Waals surface area contributed by atoms with Gasteiger partial charge in [0.15, 0.2) is 0 Å². The SMILES string of the molecule is O=[N+]([O-])C1=CC[C]([Fe])=C1C1=CC=CC1. The van der Waals surface area contributed by atoms with E-state index in [9.17, 15) is 10.1 Å². The third-order valence-corrected chi connectivity index (χ3v) is 2.78. The Morgan fingerprint density at radius 1 is 1.43 bits per heavy atom. The van der Waals surface area contributed by atoms with Gasteiger partial charge in [0.25, 0.3) is 0 Å². The fourth-order valence-corrected chi connectivity index (χ4v) is 2.09. The first-order chi connectivity index (χ1) is 6.70. The molecule has 0 N–H and O–H groups in total. The maximum absolute atomic E-state index is 10.7. The van der Waals surface area contributed by atoms with E-state index in [1.807, 2.05) is 18.2 Å². The second-order valence-electron chi connectivity index (χ2n) is 3.14. The standard InChI is InChI=1S/C10H8NO2.Fe/c12-11(13)10-7-3-6-9(10)8-4-1-2-5-8;/h1-2,4,7H,3,5H2;. The summed E-state index contributed by atoms with van der Waals surface area (Å²) in [5.74, 6) is 0. The Labute approximate surface area is 89.8 Å². The molecular formula is C10H8FeNO2. The molecule has 0 aromatic heterocycles. The Hall–Kier alpha value is -1.12. The monoisotopic (exact) mass is 230 g/mol. The van der Waals surface area contributed by atoms with Gasteiger partial charge in [-0.3, -0.25) is 0 Å². The first-order valence-corrected chi connectivity index (χ1v) is 4.84. The van der Waals surface area contributed by atoms with Gasteiger partial charge in [-0.1, -0.05) is 0 Å². The molecule has 3 nitrogen and oxygen atoms in total. The van der Waals surface area contributed by atoms with Gasteiger partial charge in [-0.15, -0.1) is 0 Å². The molecule has 2 aliphatic carbocycles. The van der Waals surface area contributed by atoms with E-state index in [4.69, 9.17) is 0 Å². The zero-order valence-electron chi connectivity index (χ0n) is 7.34. The molecule has 0 aromatic rings. The van der Waals surface area contributed by atoms with Gasteiger partial charge in [-0.25, -0.2) is 0 Å². The topological polar surface area (TPSA) is 43.1 Å². The number of hydrogen-bond donors (Lipinski definition) is 0. The molecule has 0 radical (unpaired) electrons. The van der Waals surface area contributed by atoms with Crippen molar-refractivity contribution in [1.29, 1.82) is 0 Å². The Bertz CT molecular complexity index is 416. The van der Waals surface area contributed by atoms with Gasteiger partial charge < -0.3 is 0 Å². The van der Waals surface area contributed by atoms with E-state index >= 15 is 0 Å². The summed E-state index contributed by atoms with van der Waals surface area (Å²) in [5, 5.41) is 10.7. The van der Waals surface area contributed by atoms with E-state index in [1.54, 1.807) is 6.08 Å². The number of rotatable bonds is 2. The molecule has 0 saturated heterocycles. The van der Waals surface area contributed by atoms with Gasteiger partial charge >= 0.3 is 89.5 Å². The van der Waals surface area contributed by atoms with Crippen molar-refractivity contribution in [3.05, 3.63) is 55.7 Å². The normalized spacial score (nSPS) is 20.1. The van der Waals surface area contributed by atoms with Gasteiger partial charge in [0.1, 0.15) is 0 Å². The van der Waals surface area contributed by atoms with E-state index in [-0.39, 0.29) is 10.6 Å². The second kappa shape index (κ2) is 3.56. The molecule has 0 bridgehead atoms. The van der Waals surface area contributed by atoms with Gasteiger partial charge in [-0.05, 0) is 0 Å². The number of allylic oxidation sites excluding steroid dienone is 6. The fraction of sp³-hybridized carbons (Fsp3) is 0.200. The van der Waals surface area contributed by atoms with Crippen LogP contribution in [0.3, 0.4) is 0 Å².